The first kappa shape index (κ1) is 23.3. The summed E-state index contributed by atoms with van der Waals surface area (Å²) in [7, 11) is 0. The lowest BCUT2D eigenvalue weighted by atomic mass is 9.94. The van der Waals surface area contributed by atoms with Gasteiger partial charge in [-0.05, 0) is 72.1 Å². The standard InChI is InChI=1S/C30H25ClN6/c1-17-7-8-19(3)26(13-17)36-29-21-10-9-18(2)23(20(21)11-12-32-29)14-27-24(15-33-30(31)37-27)28-22-5-4-6-25(22)34-16-35-28/h4-5,7-13,15-16H,6,14H2,1-3H3,(H,32,36). The summed E-state index contributed by atoms with van der Waals surface area (Å²) in [5.74, 6) is 0.826. The van der Waals surface area contributed by atoms with Crippen LogP contribution >= 0.6 is 11.6 Å². The number of nitrogens with zero attached hydrogens (tertiary/aromatic N) is 5. The molecule has 6 rings (SSSR count). The number of allylic oxidation sites excluding steroid dienone is 1. The molecule has 37 heavy (non-hydrogen) atoms. The fourth-order valence-corrected chi connectivity index (χ4v) is 5.08. The second-order valence-corrected chi connectivity index (χ2v) is 9.76. The molecular weight excluding hydrogens is 480 g/mol. The number of aromatic nitrogens is 5. The first-order chi connectivity index (χ1) is 18.0. The number of pyridine rings is 1. The maximum atomic E-state index is 6.30. The van der Waals surface area contributed by atoms with E-state index in [1.807, 2.05) is 6.20 Å². The smallest absolute Gasteiger partial charge is 0.222 e. The van der Waals surface area contributed by atoms with E-state index >= 15 is 0 Å². The summed E-state index contributed by atoms with van der Waals surface area (Å²) >= 11 is 6.30. The van der Waals surface area contributed by atoms with E-state index in [9.17, 15) is 0 Å². The minimum Gasteiger partial charge on any atom is -0.339 e. The third-order valence-corrected chi connectivity index (χ3v) is 7.12. The fraction of sp³-hybridized carbons (Fsp3) is 0.167. The Labute approximate surface area is 220 Å². The Morgan fingerprint density at radius 1 is 0.919 bits per heavy atom. The zero-order valence-corrected chi connectivity index (χ0v) is 21.6. The van der Waals surface area contributed by atoms with Crippen LogP contribution in [0, 0.1) is 20.8 Å². The average Bonchev–Trinajstić information content (AvgIpc) is 3.38. The van der Waals surface area contributed by atoms with E-state index in [0.29, 0.717) is 6.42 Å². The molecule has 1 N–H and O–H groups in total. The van der Waals surface area contributed by atoms with Crippen LogP contribution in [0.4, 0.5) is 11.5 Å². The van der Waals surface area contributed by atoms with Gasteiger partial charge in [-0.15, -0.1) is 0 Å². The van der Waals surface area contributed by atoms with Crippen LogP contribution in [0.25, 0.3) is 28.1 Å². The summed E-state index contributed by atoms with van der Waals surface area (Å²) in [4.78, 5) is 22.7. The van der Waals surface area contributed by atoms with E-state index in [-0.39, 0.29) is 5.28 Å². The first-order valence-corrected chi connectivity index (χ1v) is 12.6. The lowest BCUT2D eigenvalue weighted by Gasteiger charge is -2.16. The largest absolute Gasteiger partial charge is 0.339 e. The molecule has 0 spiro atoms. The summed E-state index contributed by atoms with van der Waals surface area (Å²) in [5, 5.41) is 5.95. The molecule has 7 heteroatoms. The highest BCUT2D eigenvalue weighted by Crippen LogP contribution is 2.34. The van der Waals surface area contributed by atoms with E-state index in [1.165, 1.54) is 22.3 Å². The van der Waals surface area contributed by atoms with Gasteiger partial charge in [-0.25, -0.2) is 24.9 Å². The van der Waals surface area contributed by atoms with Crippen molar-refractivity contribution in [2.45, 2.75) is 33.6 Å². The summed E-state index contributed by atoms with van der Waals surface area (Å²) < 4.78 is 0. The Hall–Kier alpha value is -4.16. The Morgan fingerprint density at radius 3 is 2.68 bits per heavy atom. The van der Waals surface area contributed by atoms with Gasteiger partial charge >= 0.3 is 0 Å². The monoisotopic (exact) mass is 504 g/mol. The quantitative estimate of drug-likeness (QED) is 0.260. The van der Waals surface area contributed by atoms with Crippen LogP contribution in [-0.4, -0.2) is 24.9 Å². The lowest BCUT2D eigenvalue weighted by molar-refractivity contribution is 1.01. The van der Waals surface area contributed by atoms with Gasteiger partial charge in [0.15, 0.2) is 0 Å². The second kappa shape index (κ2) is 9.37. The zero-order chi connectivity index (χ0) is 25.5. The molecule has 1 aliphatic rings. The van der Waals surface area contributed by atoms with Gasteiger partial charge < -0.3 is 5.32 Å². The fourth-order valence-electron chi connectivity index (χ4n) is 4.92. The zero-order valence-electron chi connectivity index (χ0n) is 20.9. The number of hydrogen-bond donors (Lipinski definition) is 1. The molecule has 0 amide bonds. The van der Waals surface area contributed by atoms with Crippen molar-refractivity contribution >= 4 is 40.0 Å². The van der Waals surface area contributed by atoms with Crippen LogP contribution in [0.3, 0.4) is 0 Å². The van der Waals surface area contributed by atoms with Crippen molar-refractivity contribution < 1.29 is 0 Å². The molecule has 0 unspecified atom stereocenters. The highest BCUT2D eigenvalue weighted by Gasteiger charge is 2.20. The van der Waals surface area contributed by atoms with Crippen LogP contribution in [0.5, 0.6) is 0 Å². The number of fused-ring (bicyclic) bond motifs is 2. The normalized spacial score (nSPS) is 12.2. The van der Waals surface area contributed by atoms with Crippen molar-refractivity contribution in [3.8, 4) is 11.3 Å². The van der Waals surface area contributed by atoms with Crippen LogP contribution in [0.15, 0.2) is 61.2 Å². The number of rotatable bonds is 5. The maximum absolute atomic E-state index is 6.30. The molecule has 0 saturated heterocycles. The number of nitrogens with one attached hydrogen (secondary N) is 1. The van der Waals surface area contributed by atoms with E-state index in [0.717, 1.165) is 56.9 Å². The summed E-state index contributed by atoms with van der Waals surface area (Å²) in [6, 6.07) is 12.7. The minimum atomic E-state index is 0.219. The number of halogens is 1. The molecular formula is C30H25ClN6. The molecule has 1 aliphatic carbocycles. The predicted octanol–water partition coefficient (Wildman–Crippen LogP) is 6.96. The third-order valence-electron chi connectivity index (χ3n) is 6.94. The van der Waals surface area contributed by atoms with Gasteiger partial charge in [0, 0.05) is 47.4 Å². The van der Waals surface area contributed by atoms with Crippen LogP contribution in [-0.2, 0) is 12.8 Å². The van der Waals surface area contributed by atoms with Gasteiger partial charge in [0.05, 0.1) is 17.1 Å². The highest BCUT2D eigenvalue weighted by atomic mass is 35.5. The van der Waals surface area contributed by atoms with Crippen molar-refractivity contribution in [3.63, 3.8) is 0 Å². The lowest BCUT2D eigenvalue weighted by Crippen LogP contribution is -2.04. The summed E-state index contributed by atoms with van der Waals surface area (Å²) in [6.45, 7) is 6.32. The van der Waals surface area contributed by atoms with Crippen LogP contribution < -0.4 is 5.32 Å². The number of benzene rings is 2. The van der Waals surface area contributed by atoms with E-state index in [4.69, 9.17) is 11.6 Å². The molecule has 2 aromatic carbocycles. The number of anilines is 2. The van der Waals surface area contributed by atoms with Crippen LogP contribution in [0.1, 0.15) is 39.2 Å². The van der Waals surface area contributed by atoms with Crippen molar-refractivity contribution in [1.29, 1.82) is 0 Å². The second-order valence-electron chi connectivity index (χ2n) is 9.42. The van der Waals surface area contributed by atoms with Gasteiger partial charge in [-0.2, -0.15) is 0 Å². The van der Waals surface area contributed by atoms with Gasteiger partial charge in [-0.1, -0.05) is 36.4 Å². The van der Waals surface area contributed by atoms with Crippen molar-refractivity contribution in [1.82, 2.24) is 24.9 Å². The number of hydrogen-bond acceptors (Lipinski definition) is 6. The van der Waals surface area contributed by atoms with E-state index < -0.39 is 0 Å². The van der Waals surface area contributed by atoms with Crippen molar-refractivity contribution in [3.05, 3.63) is 106 Å². The average molecular weight is 505 g/mol. The van der Waals surface area contributed by atoms with Gasteiger partial charge in [-0.3, -0.25) is 0 Å². The van der Waals surface area contributed by atoms with E-state index in [1.54, 1.807) is 12.5 Å². The van der Waals surface area contributed by atoms with Gasteiger partial charge in [0.2, 0.25) is 5.28 Å². The summed E-state index contributed by atoms with van der Waals surface area (Å²) in [5.41, 5.74) is 10.3. The molecule has 3 heterocycles. The molecule has 0 bridgehead atoms. The molecule has 0 atom stereocenters. The Balaban J connectivity index is 1.46. The molecule has 0 aliphatic heterocycles. The van der Waals surface area contributed by atoms with E-state index in [2.05, 4.69) is 99.6 Å². The van der Waals surface area contributed by atoms with Crippen LogP contribution in [0.2, 0.25) is 5.28 Å². The molecule has 6 nitrogen and oxygen atoms in total. The highest BCUT2D eigenvalue weighted by molar-refractivity contribution is 6.28. The molecule has 0 fully saturated rings. The molecule has 5 aromatic rings. The molecule has 0 saturated carbocycles. The number of aryl methyl sites for hydroxylation is 3. The predicted molar refractivity (Wildman–Crippen MR) is 149 cm³/mol. The summed E-state index contributed by atoms with van der Waals surface area (Å²) in [6.07, 6.45) is 10.8. The Kier molecular flexibility index (Phi) is 5.89. The first-order valence-electron chi connectivity index (χ1n) is 12.2. The van der Waals surface area contributed by atoms with Gasteiger partial charge in [0.25, 0.3) is 0 Å². The Bertz CT molecular complexity index is 1710. The molecule has 0 radical (unpaired) electrons. The topological polar surface area (TPSA) is 76.5 Å². The third kappa shape index (κ3) is 4.34. The SMILES string of the molecule is Cc1ccc(C)c(Nc2nccc3c(Cc4nc(Cl)ncc4-c4ncnc5c4C=CC5)c(C)ccc23)c1. The van der Waals surface area contributed by atoms with Gasteiger partial charge in [0.1, 0.15) is 12.1 Å². The molecule has 3 aromatic heterocycles. The Morgan fingerprint density at radius 2 is 1.78 bits per heavy atom. The van der Waals surface area contributed by atoms with Crippen molar-refractivity contribution in [2.24, 2.45) is 0 Å². The maximum Gasteiger partial charge on any atom is 0.222 e. The minimum absolute atomic E-state index is 0.219. The van der Waals surface area contributed by atoms with Crippen molar-refractivity contribution in [2.75, 3.05) is 5.32 Å². The molecule has 182 valence electrons.